The Hall–Kier alpha value is -5.90. The monoisotopic (exact) mass is 554 g/mol. The minimum Gasteiger partial charge on any atom is -0.344 e. The topological polar surface area (TPSA) is 104 Å². The van der Waals surface area contributed by atoms with Crippen LogP contribution in [0.5, 0.6) is 0 Å². The lowest BCUT2D eigenvalue weighted by atomic mass is 9.93. The van der Waals surface area contributed by atoms with Crippen molar-refractivity contribution in [2.45, 2.75) is 71.8 Å². The van der Waals surface area contributed by atoms with E-state index in [1.165, 1.54) is 0 Å². The van der Waals surface area contributed by atoms with Crippen molar-refractivity contribution in [2.75, 3.05) is 6.54 Å². The van der Waals surface area contributed by atoms with E-state index in [9.17, 15) is 9.59 Å². The molecule has 0 saturated carbocycles. The first-order valence-corrected chi connectivity index (χ1v) is 13.2. The number of hydrogen-bond donors (Lipinski definition) is 3. The van der Waals surface area contributed by atoms with Crippen LogP contribution >= 0.6 is 0 Å². The molecule has 0 aliphatic heterocycles. The predicted octanol–water partition coefficient (Wildman–Crippen LogP) is 2.26. The van der Waals surface area contributed by atoms with E-state index in [-0.39, 0.29) is 23.9 Å². The average molecular weight is 555 g/mol. The maximum atomic E-state index is 12.7. The molecule has 1 unspecified atom stereocenters. The molecule has 0 spiro atoms. The fraction of sp³-hybridized carbons (Fsp3) is 0.353. The highest BCUT2D eigenvalue weighted by atomic mass is 16.2. The van der Waals surface area contributed by atoms with E-state index in [4.69, 9.17) is 0 Å². The summed E-state index contributed by atoms with van der Waals surface area (Å²) >= 11 is 0. The van der Waals surface area contributed by atoms with Gasteiger partial charge in [0.1, 0.15) is 0 Å². The van der Waals surface area contributed by atoms with Crippen LogP contribution in [0.1, 0.15) is 77.9 Å². The summed E-state index contributed by atoms with van der Waals surface area (Å²) in [5.74, 6) is 39.4. The first-order valence-electron chi connectivity index (χ1n) is 13.2. The smallest absolute Gasteiger partial charge is 0.297 e. The fourth-order valence-electron chi connectivity index (χ4n) is 3.25. The minimum absolute atomic E-state index is 0.0963. The lowest BCUT2D eigenvalue weighted by molar-refractivity contribution is -0.124. The van der Waals surface area contributed by atoms with Gasteiger partial charge in [-0.05, 0) is 96.2 Å². The van der Waals surface area contributed by atoms with Crippen LogP contribution < -0.4 is 10.6 Å². The van der Waals surface area contributed by atoms with Crippen LogP contribution in [0.15, 0.2) is 6.07 Å². The summed E-state index contributed by atoms with van der Waals surface area (Å²) in [5.41, 5.74) is 1.60. The van der Waals surface area contributed by atoms with Gasteiger partial charge >= 0.3 is 0 Å². The predicted molar refractivity (Wildman–Crippen MR) is 162 cm³/mol. The van der Waals surface area contributed by atoms with Gasteiger partial charge < -0.3 is 10.6 Å². The summed E-state index contributed by atoms with van der Waals surface area (Å²) in [6.07, 6.45) is 3.65. The minimum atomic E-state index is -0.637. The molecule has 2 heterocycles. The van der Waals surface area contributed by atoms with Gasteiger partial charge in [0.25, 0.3) is 5.91 Å². The van der Waals surface area contributed by atoms with Crippen LogP contribution in [0.4, 0.5) is 0 Å². The first-order chi connectivity index (χ1) is 20.3. The van der Waals surface area contributed by atoms with Crippen molar-refractivity contribution in [1.82, 2.24) is 30.4 Å². The van der Waals surface area contributed by atoms with Crippen molar-refractivity contribution in [3.05, 3.63) is 17.6 Å². The van der Waals surface area contributed by atoms with Gasteiger partial charge in [0, 0.05) is 23.1 Å². The molecule has 0 fully saturated rings. The highest BCUT2D eigenvalue weighted by Gasteiger charge is 2.24. The van der Waals surface area contributed by atoms with Crippen LogP contribution in [0.25, 0.3) is 5.65 Å². The first kappa shape index (κ1) is 32.3. The van der Waals surface area contributed by atoms with Gasteiger partial charge in [0.15, 0.2) is 11.5 Å². The summed E-state index contributed by atoms with van der Waals surface area (Å²) in [6.45, 7) is 9.86. The number of rotatable bonds is 8. The van der Waals surface area contributed by atoms with Crippen LogP contribution in [0.3, 0.4) is 0 Å². The molecule has 8 nitrogen and oxygen atoms in total. The zero-order valence-electron chi connectivity index (χ0n) is 24.3. The summed E-state index contributed by atoms with van der Waals surface area (Å²) in [4.78, 5) is 24.7. The molecular formula is C34H30N6O2. The molecule has 0 bridgehead atoms. The molecule has 0 radical (unpaired) electrons. The van der Waals surface area contributed by atoms with Crippen LogP contribution in [-0.4, -0.2) is 38.2 Å². The van der Waals surface area contributed by atoms with E-state index in [1.807, 2.05) is 6.07 Å². The molecule has 208 valence electrons. The SMILES string of the molecule is CC#CC#CC#CC#CC#CC#CC#CC#CC(=O)NCC(=O)NC(CCCCC)c1nnc2cc(C(C)(C)C)[nH]n12. The summed E-state index contributed by atoms with van der Waals surface area (Å²) in [7, 11) is 0. The number of H-pyrrole nitrogens is 1. The van der Waals surface area contributed by atoms with Crippen molar-refractivity contribution < 1.29 is 9.59 Å². The Morgan fingerprint density at radius 2 is 1.45 bits per heavy atom. The van der Waals surface area contributed by atoms with Crippen molar-refractivity contribution in [1.29, 1.82) is 0 Å². The van der Waals surface area contributed by atoms with E-state index in [2.05, 4.69) is 148 Å². The molecule has 3 N–H and O–H groups in total. The molecule has 2 rings (SSSR count). The van der Waals surface area contributed by atoms with Gasteiger partial charge in [0.2, 0.25) is 5.91 Å². The molecule has 0 aliphatic carbocycles. The summed E-state index contributed by atoms with van der Waals surface area (Å²) < 4.78 is 1.80. The van der Waals surface area contributed by atoms with Gasteiger partial charge in [-0.3, -0.25) is 14.7 Å². The van der Waals surface area contributed by atoms with Gasteiger partial charge in [-0.2, -0.15) is 0 Å². The highest BCUT2D eigenvalue weighted by Crippen LogP contribution is 2.24. The molecule has 2 amide bonds. The number of aromatic amines is 1. The second kappa shape index (κ2) is 17.6. The third-order valence-corrected chi connectivity index (χ3v) is 5.29. The number of nitrogens with zero attached hydrogens (tertiary/aromatic N) is 3. The van der Waals surface area contributed by atoms with E-state index in [1.54, 1.807) is 11.4 Å². The molecule has 2 aromatic heterocycles. The maximum absolute atomic E-state index is 12.7. The molecule has 1 atom stereocenters. The Bertz CT molecular complexity index is 1810. The molecule has 42 heavy (non-hydrogen) atoms. The number of amides is 2. The van der Waals surface area contributed by atoms with Crippen molar-refractivity contribution >= 4 is 17.5 Å². The molecular weight excluding hydrogens is 524 g/mol. The van der Waals surface area contributed by atoms with Gasteiger partial charge in [-0.25, -0.2) is 4.52 Å². The number of fused-ring (bicyclic) bond motifs is 1. The Labute approximate surface area is 247 Å². The third kappa shape index (κ3) is 11.9. The van der Waals surface area contributed by atoms with Crippen LogP contribution in [0, 0.1) is 94.7 Å². The van der Waals surface area contributed by atoms with Crippen molar-refractivity contribution in [3.63, 3.8) is 0 Å². The van der Waals surface area contributed by atoms with Crippen LogP contribution in [-0.2, 0) is 15.0 Å². The van der Waals surface area contributed by atoms with Crippen molar-refractivity contribution in [3.8, 4) is 94.7 Å². The zero-order valence-corrected chi connectivity index (χ0v) is 24.3. The molecule has 0 aliphatic rings. The average Bonchev–Trinajstić information content (AvgIpc) is 3.55. The Morgan fingerprint density at radius 3 is 2.00 bits per heavy atom. The number of nitrogens with one attached hydrogen (secondary N) is 3. The van der Waals surface area contributed by atoms with Gasteiger partial charge in [-0.1, -0.05) is 52.9 Å². The molecule has 8 heteroatoms. The van der Waals surface area contributed by atoms with E-state index in [0.29, 0.717) is 17.9 Å². The zero-order chi connectivity index (χ0) is 30.6. The number of hydrogen-bond acceptors (Lipinski definition) is 4. The second-order valence-electron chi connectivity index (χ2n) is 9.60. The number of unbranched alkanes of at least 4 members (excludes halogenated alkanes) is 2. The lowest BCUT2D eigenvalue weighted by Gasteiger charge is -2.18. The third-order valence-electron chi connectivity index (χ3n) is 5.29. The molecule has 0 saturated heterocycles. The second-order valence-corrected chi connectivity index (χ2v) is 9.60. The van der Waals surface area contributed by atoms with E-state index < -0.39 is 5.91 Å². The fourth-order valence-corrected chi connectivity index (χ4v) is 3.25. The van der Waals surface area contributed by atoms with Gasteiger partial charge in [-0.15, -0.1) is 10.2 Å². The highest BCUT2D eigenvalue weighted by molar-refractivity contribution is 5.96. The summed E-state index contributed by atoms with van der Waals surface area (Å²) in [6, 6.07) is 1.58. The maximum Gasteiger partial charge on any atom is 0.297 e. The van der Waals surface area contributed by atoms with Crippen molar-refractivity contribution in [2.24, 2.45) is 0 Å². The van der Waals surface area contributed by atoms with Gasteiger partial charge in [0.05, 0.1) is 12.6 Å². The Kier molecular flexibility index (Phi) is 13.6. The van der Waals surface area contributed by atoms with E-state index in [0.717, 1.165) is 25.0 Å². The quantitative estimate of drug-likeness (QED) is 0.344. The largest absolute Gasteiger partial charge is 0.344 e. The summed E-state index contributed by atoms with van der Waals surface area (Å²) in [5, 5.41) is 17.4. The Morgan fingerprint density at radius 1 is 0.881 bits per heavy atom. The van der Waals surface area contributed by atoms with E-state index >= 15 is 0 Å². The van der Waals surface area contributed by atoms with Crippen LogP contribution in [0.2, 0.25) is 0 Å². The number of aromatic nitrogens is 4. The standard InChI is InChI=1S/C34H30N6O2/c1-6-8-10-11-12-13-14-15-16-17-18-19-20-21-23-25-31(41)35-27-32(42)36-28(24-22-9-7-2)33-38-37-30-26-29(34(3,4)5)39-40(30)33/h26,28,39H,7,9,22,24,27H2,1-5H3,(H,35,41)(H,36,42). The molecule has 2 aromatic rings. The number of carbonyl (C=O) groups excluding carboxylic acids is 2. The number of carbonyl (C=O) groups is 2. The lowest BCUT2D eigenvalue weighted by Crippen LogP contribution is -2.39. The normalized spacial score (nSPS) is 9.55. The molecule has 0 aromatic carbocycles. The Balaban J connectivity index is 1.91.